The van der Waals surface area contributed by atoms with Gasteiger partial charge in [0, 0.05) is 22.9 Å². The molecule has 0 fully saturated rings. The van der Waals surface area contributed by atoms with Crippen molar-refractivity contribution in [2.45, 2.75) is 0 Å². The maximum Gasteiger partial charge on any atom is 0.287 e. The molecule has 2 heterocycles. The third-order valence-electron chi connectivity index (χ3n) is 5.35. The van der Waals surface area contributed by atoms with Gasteiger partial charge < -0.3 is 0 Å². The number of nitro groups is 2. The highest BCUT2D eigenvalue weighted by atomic mass is 16.6. The Hall–Kier alpha value is -5.52. The van der Waals surface area contributed by atoms with Crippen molar-refractivity contribution in [3.8, 4) is 0 Å². The lowest BCUT2D eigenvalue weighted by molar-refractivity contribution is -0.385. The van der Waals surface area contributed by atoms with Gasteiger partial charge in [-0.15, -0.1) is 10.2 Å². The summed E-state index contributed by atoms with van der Waals surface area (Å²) in [6.07, 6.45) is 2.30. The summed E-state index contributed by atoms with van der Waals surface area (Å²) < 4.78 is 0. The molecule has 0 aliphatic carbocycles. The van der Waals surface area contributed by atoms with Crippen LogP contribution in [0.15, 0.2) is 95.4 Å². The van der Waals surface area contributed by atoms with Crippen LogP contribution < -0.4 is 10.9 Å². The van der Waals surface area contributed by atoms with Gasteiger partial charge in [-0.25, -0.2) is 9.97 Å². The second-order valence-electron chi connectivity index (χ2n) is 7.62. The van der Waals surface area contributed by atoms with E-state index < -0.39 is 9.85 Å². The summed E-state index contributed by atoms with van der Waals surface area (Å²) in [5.41, 5.74) is 7.13. The highest BCUT2D eigenvalue weighted by Gasteiger charge is 2.10. The Morgan fingerprint density at radius 2 is 1.36 bits per heavy atom. The largest absolute Gasteiger partial charge is 0.299 e. The minimum absolute atomic E-state index is 0.102. The van der Waals surface area contributed by atoms with Crippen molar-refractivity contribution in [2.24, 2.45) is 10.2 Å². The van der Waals surface area contributed by atoms with E-state index in [0.717, 1.165) is 33.4 Å². The molecule has 2 N–H and O–H groups in total. The van der Waals surface area contributed by atoms with Gasteiger partial charge in [0.15, 0.2) is 5.82 Å². The van der Waals surface area contributed by atoms with Crippen LogP contribution in [-0.2, 0) is 0 Å². The zero-order valence-corrected chi connectivity index (χ0v) is 18.4. The van der Waals surface area contributed by atoms with E-state index in [4.69, 9.17) is 0 Å². The van der Waals surface area contributed by atoms with Gasteiger partial charge >= 0.3 is 0 Å². The van der Waals surface area contributed by atoms with Crippen molar-refractivity contribution in [3.05, 3.63) is 105 Å². The van der Waals surface area contributed by atoms with Crippen LogP contribution in [0.1, 0.15) is 0 Å². The molecule has 36 heavy (non-hydrogen) atoms. The van der Waals surface area contributed by atoms with E-state index in [1.807, 2.05) is 42.5 Å². The van der Waals surface area contributed by atoms with Crippen LogP contribution in [0.5, 0.6) is 0 Å². The van der Waals surface area contributed by atoms with Crippen molar-refractivity contribution >= 4 is 55.9 Å². The molecular formula is C24H16N8O4. The predicted octanol–water partition coefficient (Wildman–Crippen LogP) is 6.45. The molecule has 0 radical (unpaired) electrons. The van der Waals surface area contributed by atoms with Gasteiger partial charge in [-0.05, 0) is 47.2 Å². The molecular weight excluding hydrogens is 464 g/mol. The minimum Gasteiger partial charge on any atom is -0.299 e. The number of nitrogens with zero attached hydrogens (tertiary/aromatic N) is 6. The summed E-state index contributed by atoms with van der Waals surface area (Å²) >= 11 is 0. The average Bonchev–Trinajstić information content (AvgIpc) is 2.90. The van der Waals surface area contributed by atoms with Crippen molar-refractivity contribution < 1.29 is 9.85 Å². The fraction of sp³-hybridized carbons (Fsp3) is 0. The molecule has 0 spiro atoms. The summed E-state index contributed by atoms with van der Waals surface area (Å²) in [7, 11) is 0. The third kappa shape index (κ3) is 4.59. The first-order valence-electron chi connectivity index (χ1n) is 10.6. The maximum absolute atomic E-state index is 10.8. The van der Waals surface area contributed by atoms with Crippen molar-refractivity contribution in [1.29, 1.82) is 0 Å². The quantitative estimate of drug-likeness (QED) is 0.116. The molecule has 0 atom stereocenters. The molecule has 12 heteroatoms. The zero-order chi connectivity index (χ0) is 25.1. The first-order valence-corrected chi connectivity index (χ1v) is 10.6. The fourth-order valence-electron chi connectivity index (χ4n) is 3.56. The van der Waals surface area contributed by atoms with Crippen LogP contribution in [0.4, 0.5) is 34.4 Å². The summed E-state index contributed by atoms with van der Waals surface area (Å²) in [6, 6.07) is 21.1. The third-order valence-corrected chi connectivity index (χ3v) is 5.35. The van der Waals surface area contributed by atoms with Crippen molar-refractivity contribution in [3.63, 3.8) is 0 Å². The van der Waals surface area contributed by atoms with E-state index in [0.29, 0.717) is 11.5 Å². The highest BCUT2D eigenvalue weighted by molar-refractivity contribution is 6.08. The Bertz CT molecular complexity index is 1640. The Balaban J connectivity index is 1.50. The lowest BCUT2D eigenvalue weighted by atomic mass is 10.0. The van der Waals surface area contributed by atoms with Gasteiger partial charge in [0.2, 0.25) is 0 Å². The number of nitrogens with one attached hydrogen (secondary N) is 2. The molecule has 0 amide bonds. The molecule has 0 saturated carbocycles. The van der Waals surface area contributed by atoms with E-state index in [9.17, 15) is 20.2 Å². The summed E-state index contributed by atoms with van der Waals surface area (Å²) in [5, 5.41) is 33.8. The second-order valence-corrected chi connectivity index (χ2v) is 7.62. The Morgan fingerprint density at radius 1 is 0.694 bits per heavy atom. The molecule has 12 nitrogen and oxygen atoms in total. The maximum atomic E-state index is 10.8. The van der Waals surface area contributed by atoms with Crippen LogP contribution in [0.2, 0.25) is 0 Å². The van der Waals surface area contributed by atoms with Crippen molar-refractivity contribution in [1.82, 2.24) is 9.97 Å². The van der Waals surface area contributed by atoms with Crippen LogP contribution in [0, 0.1) is 20.2 Å². The monoisotopic (exact) mass is 480 g/mol. The molecule has 176 valence electrons. The van der Waals surface area contributed by atoms with Crippen LogP contribution in [0.25, 0.3) is 21.5 Å². The first-order chi connectivity index (χ1) is 17.5. The predicted molar refractivity (Wildman–Crippen MR) is 135 cm³/mol. The SMILES string of the molecule is O=[N+]([O-])c1ccc(N=Nc2ccc(NNc3ccc([N+](=O)[O-])cn3)c3cc4ccccc4cc23)nc1. The van der Waals surface area contributed by atoms with Crippen molar-refractivity contribution in [2.75, 3.05) is 10.9 Å². The summed E-state index contributed by atoms with van der Waals surface area (Å²) in [5.74, 6) is 0.644. The fourth-order valence-corrected chi connectivity index (χ4v) is 3.56. The number of anilines is 2. The second kappa shape index (κ2) is 9.38. The molecule has 5 aromatic rings. The number of hydrogen-bond donors (Lipinski definition) is 2. The van der Waals surface area contributed by atoms with E-state index in [-0.39, 0.29) is 17.2 Å². The Morgan fingerprint density at radius 3 is 1.97 bits per heavy atom. The summed E-state index contributed by atoms with van der Waals surface area (Å²) in [4.78, 5) is 28.7. The average molecular weight is 480 g/mol. The molecule has 3 aromatic carbocycles. The van der Waals surface area contributed by atoms with Gasteiger partial charge in [0.25, 0.3) is 11.4 Å². The smallest absolute Gasteiger partial charge is 0.287 e. The van der Waals surface area contributed by atoms with E-state index in [2.05, 4.69) is 31.0 Å². The standard InChI is InChI=1S/C24H16N8O4/c33-31(34)17-5-9-23(25-13-17)29-27-21-7-8-22(28-30-24-10-6-18(14-26-24)32(35)36)20-12-16-4-2-1-3-15(16)11-19(20)21/h1-14,27H,(H,25,29). The number of hydrogen-bond acceptors (Lipinski definition) is 10. The number of fused-ring (bicyclic) bond motifs is 2. The Kier molecular flexibility index (Phi) is 5.81. The zero-order valence-electron chi connectivity index (χ0n) is 18.4. The number of azo groups is 1. The first kappa shape index (κ1) is 22.3. The molecule has 5 rings (SSSR count). The lowest BCUT2D eigenvalue weighted by Gasteiger charge is -2.13. The number of benzene rings is 3. The number of aromatic nitrogens is 2. The van der Waals surface area contributed by atoms with Gasteiger partial charge in [0.05, 0.1) is 21.2 Å². The van der Waals surface area contributed by atoms with Gasteiger partial charge in [0.1, 0.15) is 18.2 Å². The van der Waals surface area contributed by atoms with Gasteiger partial charge in [-0.2, -0.15) is 0 Å². The highest BCUT2D eigenvalue weighted by Crippen LogP contribution is 2.36. The molecule has 0 aliphatic rings. The molecule has 0 unspecified atom stereocenters. The normalized spacial score (nSPS) is 11.1. The van der Waals surface area contributed by atoms with Crippen LogP contribution >= 0.6 is 0 Å². The lowest BCUT2D eigenvalue weighted by Crippen LogP contribution is -2.10. The van der Waals surface area contributed by atoms with Gasteiger partial charge in [-0.3, -0.25) is 31.1 Å². The number of pyridine rings is 2. The molecule has 0 bridgehead atoms. The summed E-state index contributed by atoms with van der Waals surface area (Å²) in [6.45, 7) is 0. The topological polar surface area (TPSA) is 161 Å². The van der Waals surface area contributed by atoms with Gasteiger partial charge in [-0.1, -0.05) is 24.3 Å². The molecule has 2 aromatic heterocycles. The van der Waals surface area contributed by atoms with Crippen LogP contribution in [-0.4, -0.2) is 19.8 Å². The molecule has 0 saturated heterocycles. The number of hydrazine groups is 1. The van der Waals surface area contributed by atoms with Crippen LogP contribution in [0.3, 0.4) is 0 Å². The Labute approximate surface area is 202 Å². The van der Waals surface area contributed by atoms with E-state index in [1.54, 1.807) is 6.07 Å². The van der Waals surface area contributed by atoms with E-state index >= 15 is 0 Å². The number of rotatable bonds is 7. The minimum atomic E-state index is -0.529. The van der Waals surface area contributed by atoms with E-state index in [1.165, 1.54) is 30.5 Å². The molecule has 0 aliphatic heterocycles.